The van der Waals surface area contributed by atoms with Gasteiger partial charge in [-0.3, -0.25) is 4.79 Å². The van der Waals surface area contributed by atoms with Crippen LogP contribution in [-0.4, -0.2) is 39.7 Å². The standard InChI is InChI=1S/C20H20ClN5O3S/c1-26-13-23-25-20(26)30-12-19(27)24-22-10-14-7-8-17(18(9-14)28-2)29-11-15-5-3-4-6-16(15)21/h3-10,13H,11-12H2,1-2H3,(H,24,27). The molecule has 3 aromatic rings. The van der Waals surface area contributed by atoms with Gasteiger partial charge in [-0.25, -0.2) is 5.43 Å². The number of carbonyl (C=O) groups excluding carboxylic acids is 1. The van der Waals surface area contributed by atoms with Gasteiger partial charge in [0.1, 0.15) is 12.9 Å². The molecule has 30 heavy (non-hydrogen) atoms. The first-order valence-corrected chi connectivity index (χ1v) is 10.3. The highest BCUT2D eigenvalue weighted by Crippen LogP contribution is 2.29. The van der Waals surface area contributed by atoms with Crippen LogP contribution in [0.25, 0.3) is 0 Å². The lowest BCUT2D eigenvalue weighted by atomic mass is 10.2. The summed E-state index contributed by atoms with van der Waals surface area (Å²) in [7, 11) is 3.37. The number of nitrogens with zero attached hydrogens (tertiary/aromatic N) is 4. The van der Waals surface area contributed by atoms with E-state index >= 15 is 0 Å². The van der Waals surface area contributed by atoms with Gasteiger partial charge in [0.25, 0.3) is 5.91 Å². The molecule has 1 aromatic heterocycles. The molecule has 0 unspecified atom stereocenters. The molecule has 8 nitrogen and oxygen atoms in total. The number of hydrogen-bond donors (Lipinski definition) is 1. The van der Waals surface area contributed by atoms with E-state index < -0.39 is 0 Å². The number of rotatable bonds is 9. The first-order valence-electron chi connectivity index (χ1n) is 8.89. The summed E-state index contributed by atoms with van der Waals surface area (Å²) in [6.45, 7) is 0.322. The molecule has 156 valence electrons. The average molecular weight is 446 g/mol. The number of aryl methyl sites for hydroxylation is 1. The SMILES string of the molecule is COc1cc(C=NNC(=O)CSc2nncn2C)ccc1OCc1ccccc1Cl. The van der Waals surface area contributed by atoms with E-state index in [0.29, 0.717) is 28.3 Å². The van der Waals surface area contributed by atoms with Crippen molar-refractivity contribution in [3.05, 3.63) is 64.9 Å². The number of nitrogens with one attached hydrogen (secondary N) is 1. The number of carbonyl (C=O) groups is 1. The Morgan fingerprint density at radius 3 is 2.87 bits per heavy atom. The fourth-order valence-electron chi connectivity index (χ4n) is 2.40. The van der Waals surface area contributed by atoms with Gasteiger partial charge in [0.05, 0.1) is 19.1 Å². The minimum atomic E-state index is -0.245. The lowest BCUT2D eigenvalue weighted by Crippen LogP contribution is -2.19. The van der Waals surface area contributed by atoms with Gasteiger partial charge < -0.3 is 14.0 Å². The third-order valence-corrected chi connectivity index (χ3v) is 5.34. The van der Waals surface area contributed by atoms with Gasteiger partial charge in [0.2, 0.25) is 0 Å². The quantitative estimate of drug-likeness (QED) is 0.309. The van der Waals surface area contributed by atoms with Crippen LogP contribution in [0, 0.1) is 0 Å². The molecule has 0 aliphatic heterocycles. The molecular weight excluding hydrogens is 426 g/mol. The zero-order chi connectivity index (χ0) is 21.3. The normalized spacial score (nSPS) is 10.9. The van der Waals surface area contributed by atoms with Crippen molar-refractivity contribution in [2.24, 2.45) is 12.1 Å². The number of hydrazone groups is 1. The summed E-state index contributed by atoms with van der Waals surface area (Å²) in [6.07, 6.45) is 3.11. The summed E-state index contributed by atoms with van der Waals surface area (Å²) in [5.74, 6) is 1.07. The highest BCUT2D eigenvalue weighted by Gasteiger charge is 2.08. The highest BCUT2D eigenvalue weighted by molar-refractivity contribution is 7.99. The number of benzene rings is 2. The predicted molar refractivity (Wildman–Crippen MR) is 116 cm³/mol. The third kappa shape index (κ3) is 5.98. The van der Waals surface area contributed by atoms with Crippen LogP contribution in [-0.2, 0) is 18.4 Å². The van der Waals surface area contributed by atoms with E-state index in [1.807, 2.05) is 37.4 Å². The summed E-state index contributed by atoms with van der Waals surface area (Å²) < 4.78 is 13.0. The maximum Gasteiger partial charge on any atom is 0.250 e. The Morgan fingerprint density at radius 1 is 1.30 bits per heavy atom. The lowest BCUT2D eigenvalue weighted by molar-refractivity contribution is -0.118. The smallest absolute Gasteiger partial charge is 0.250 e. The molecular formula is C20H20ClN5O3S. The van der Waals surface area contributed by atoms with Gasteiger partial charge in [-0.2, -0.15) is 5.10 Å². The monoisotopic (exact) mass is 445 g/mol. The van der Waals surface area contributed by atoms with E-state index in [-0.39, 0.29) is 11.7 Å². The van der Waals surface area contributed by atoms with Gasteiger partial charge in [0, 0.05) is 17.6 Å². The molecule has 0 bridgehead atoms. The minimum absolute atomic E-state index is 0.183. The van der Waals surface area contributed by atoms with Crippen molar-refractivity contribution in [2.75, 3.05) is 12.9 Å². The van der Waals surface area contributed by atoms with Gasteiger partial charge in [-0.1, -0.05) is 41.6 Å². The Hall–Kier alpha value is -3.04. The Balaban J connectivity index is 1.54. The maximum atomic E-state index is 11.9. The Labute approximate surface area is 183 Å². The third-order valence-electron chi connectivity index (χ3n) is 3.93. The molecule has 0 fully saturated rings. The summed E-state index contributed by atoms with van der Waals surface area (Å²) in [5.41, 5.74) is 4.11. The Bertz CT molecular complexity index is 1040. The molecule has 3 rings (SSSR count). The fourth-order valence-corrected chi connectivity index (χ4v) is 3.27. The number of ether oxygens (including phenoxy) is 2. The summed E-state index contributed by atoms with van der Waals surface area (Å²) >= 11 is 7.44. The first kappa shape index (κ1) is 21.7. The van der Waals surface area contributed by atoms with Gasteiger partial charge in [-0.15, -0.1) is 10.2 Å². The Kier molecular flexibility index (Phi) is 7.69. The second-order valence-electron chi connectivity index (χ2n) is 6.10. The average Bonchev–Trinajstić information content (AvgIpc) is 3.17. The molecule has 0 atom stereocenters. The molecule has 0 saturated carbocycles. The number of aromatic nitrogens is 3. The lowest BCUT2D eigenvalue weighted by Gasteiger charge is -2.12. The van der Waals surface area contributed by atoms with Crippen LogP contribution >= 0.6 is 23.4 Å². The van der Waals surface area contributed by atoms with E-state index in [1.165, 1.54) is 18.0 Å². The van der Waals surface area contributed by atoms with Crippen LogP contribution in [0.1, 0.15) is 11.1 Å². The zero-order valence-electron chi connectivity index (χ0n) is 16.4. The minimum Gasteiger partial charge on any atom is -0.493 e. The van der Waals surface area contributed by atoms with Crippen LogP contribution in [0.15, 0.2) is 59.0 Å². The molecule has 0 spiro atoms. The van der Waals surface area contributed by atoms with Crippen molar-refractivity contribution in [1.82, 2.24) is 20.2 Å². The molecule has 10 heteroatoms. The highest BCUT2D eigenvalue weighted by atomic mass is 35.5. The first-order chi connectivity index (χ1) is 14.6. The number of methoxy groups -OCH3 is 1. The number of halogens is 1. The largest absolute Gasteiger partial charge is 0.493 e. The molecule has 1 amide bonds. The van der Waals surface area contributed by atoms with Crippen molar-refractivity contribution in [1.29, 1.82) is 0 Å². The predicted octanol–water partition coefficient (Wildman–Crippen LogP) is 3.30. The maximum absolute atomic E-state index is 11.9. The number of hydrogen-bond acceptors (Lipinski definition) is 7. The van der Waals surface area contributed by atoms with E-state index in [0.717, 1.165) is 11.1 Å². The molecule has 1 heterocycles. The van der Waals surface area contributed by atoms with E-state index in [9.17, 15) is 4.79 Å². The van der Waals surface area contributed by atoms with Gasteiger partial charge >= 0.3 is 0 Å². The van der Waals surface area contributed by atoms with Crippen molar-refractivity contribution < 1.29 is 14.3 Å². The van der Waals surface area contributed by atoms with Crippen LogP contribution < -0.4 is 14.9 Å². The summed E-state index contributed by atoms with van der Waals surface area (Å²) in [4.78, 5) is 11.9. The molecule has 0 aliphatic carbocycles. The fraction of sp³-hybridized carbons (Fsp3) is 0.200. The number of amides is 1. The topological polar surface area (TPSA) is 90.6 Å². The van der Waals surface area contributed by atoms with E-state index in [2.05, 4.69) is 20.7 Å². The van der Waals surface area contributed by atoms with Crippen LogP contribution in [0.5, 0.6) is 11.5 Å². The van der Waals surface area contributed by atoms with Gasteiger partial charge in [-0.05, 0) is 29.8 Å². The van der Waals surface area contributed by atoms with E-state index in [4.69, 9.17) is 21.1 Å². The molecule has 0 radical (unpaired) electrons. The van der Waals surface area contributed by atoms with Crippen LogP contribution in [0.4, 0.5) is 0 Å². The van der Waals surface area contributed by atoms with Crippen LogP contribution in [0.2, 0.25) is 5.02 Å². The summed E-state index contributed by atoms with van der Waals surface area (Å²) in [5, 5.41) is 13.0. The van der Waals surface area contributed by atoms with Crippen molar-refractivity contribution in [2.45, 2.75) is 11.8 Å². The zero-order valence-corrected chi connectivity index (χ0v) is 18.0. The second kappa shape index (κ2) is 10.7. The number of thioether (sulfide) groups is 1. The molecule has 2 aromatic carbocycles. The Morgan fingerprint density at radius 2 is 2.13 bits per heavy atom. The van der Waals surface area contributed by atoms with Crippen molar-refractivity contribution in [3.8, 4) is 11.5 Å². The van der Waals surface area contributed by atoms with E-state index in [1.54, 1.807) is 30.1 Å². The van der Waals surface area contributed by atoms with Crippen molar-refractivity contribution in [3.63, 3.8) is 0 Å². The van der Waals surface area contributed by atoms with Crippen molar-refractivity contribution >= 4 is 35.5 Å². The molecule has 0 aliphatic rings. The second-order valence-corrected chi connectivity index (χ2v) is 7.45. The molecule has 1 N–H and O–H groups in total. The molecule has 0 saturated heterocycles. The van der Waals surface area contributed by atoms with Crippen LogP contribution in [0.3, 0.4) is 0 Å². The summed E-state index contributed by atoms with van der Waals surface area (Å²) in [6, 6.07) is 12.9. The van der Waals surface area contributed by atoms with Gasteiger partial charge in [0.15, 0.2) is 16.7 Å².